The van der Waals surface area contributed by atoms with Crippen LogP contribution in [0.4, 0.5) is 0 Å². The van der Waals surface area contributed by atoms with Crippen LogP contribution in [0.25, 0.3) is 5.76 Å². The number of hydrogen-bond donors (Lipinski definition) is 0. The van der Waals surface area contributed by atoms with Gasteiger partial charge in [-0.1, -0.05) is 37.8 Å². The molecule has 0 saturated carbocycles. The average Bonchev–Trinajstić information content (AvgIpc) is 2.28. The maximum atomic E-state index is 5.95. The second-order valence-corrected chi connectivity index (χ2v) is 4.99. The minimum Gasteiger partial charge on any atom is -0.463 e. The summed E-state index contributed by atoms with van der Waals surface area (Å²) in [6.45, 7) is 14.1. The zero-order valence-corrected chi connectivity index (χ0v) is 12.1. The van der Waals surface area contributed by atoms with Crippen molar-refractivity contribution in [2.24, 2.45) is 0 Å². The van der Waals surface area contributed by atoms with Crippen LogP contribution in [0.1, 0.15) is 45.2 Å². The molecule has 0 aliphatic heterocycles. The molecule has 18 heavy (non-hydrogen) atoms. The Morgan fingerprint density at radius 3 is 2.44 bits per heavy atom. The summed E-state index contributed by atoms with van der Waals surface area (Å²) in [5.41, 5.74) is 2.19. The van der Waals surface area contributed by atoms with E-state index in [0.29, 0.717) is 5.76 Å². The summed E-state index contributed by atoms with van der Waals surface area (Å²) in [5.74, 6) is 0.0474. The minimum absolute atomic E-state index is 0.125. The van der Waals surface area contributed by atoms with Crippen LogP contribution >= 0.6 is 0 Å². The first kappa shape index (κ1) is 14.8. The van der Waals surface area contributed by atoms with Gasteiger partial charge in [-0.05, 0) is 26.3 Å². The zero-order chi connectivity index (χ0) is 13.8. The Morgan fingerprint density at radius 1 is 1.33 bits per heavy atom. The highest BCUT2D eigenvalue weighted by molar-refractivity contribution is 5.60. The van der Waals surface area contributed by atoms with Crippen molar-refractivity contribution < 1.29 is 9.47 Å². The number of ether oxygens (including phenoxy) is 2. The standard InChI is InChI=1S/C16H24O2/c1-7-16(6,17-12(2)3)18-14(5)15-11-9-8-10-13(15)4/h8-12H,5,7H2,1-4,6H3. The highest BCUT2D eigenvalue weighted by atomic mass is 16.7. The molecule has 1 aromatic carbocycles. The Hall–Kier alpha value is -1.28. The first-order valence-corrected chi connectivity index (χ1v) is 6.49. The molecule has 0 aliphatic rings. The lowest BCUT2D eigenvalue weighted by Gasteiger charge is -2.32. The van der Waals surface area contributed by atoms with E-state index in [0.717, 1.165) is 17.5 Å². The van der Waals surface area contributed by atoms with Gasteiger partial charge in [-0.3, -0.25) is 0 Å². The summed E-state index contributed by atoms with van der Waals surface area (Å²) >= 11 is 0. The summed E-state index contributed by atoms with van der Waals surface area (Å²) in [6, 6.07) is 8.07. The Kier molecular flexibility index (Phi) is 4.97. The first-order valence-electron chi connectivity index (χ1n) is 6.49. The van der Waals surface area contributed by atoms with Gasteiger partial charge in [0.05, 0.1) is 6.10 Å². The van der Waals surface area contributed by atoms with Crippen LogP contribution in [-0.2, 0) is 9.47 Å². The molecule has 2 heteroatoms. The van der Waals surface area contributed by atoms with Gasteiger partial charge in [0, 0.05) is 18.9 Å². The van der Waals surface area contributed by atoms with Crippen molar-refractivity contribution >= 4 is 5.76 Å². The van der Waals surface area contributed by atoms with Gasteiger partial charge in [-0.15, -0.1) is 0 Å². The van der Waals surface area contributed by atoms with Crippen molar-refractivity contribution in [3.05, 3.63) is 42.0 Å². The molecule has 0 heterocycles. The molecule has 0 spiro atoms. The number of hydrogen-bond acceptors (Lipinski definition) is 2. The van der Waals surface area contributed by atoms with Crippen molar-refractivity contribution in [2.75, 3.05) is 0 Å². The van der Waals surface area contributed by atoms with E-state index in [9.17, 15) is 0 Å². The molecule has 1 rings (SSSR count). The van der Waals surface area contributed by atoms with Crippen molar-refractivity contribution in [2.45, 2.75) is 52.9 Å². The maximum Gasteiger partial charge on any atom is 0.207 e. The summed E-state index contributed by atoms with van der Waals surface area (Å²) in [5, 5.41) is 0. The lowest BCUT2D eigenvalue weighted by Crippen LogP contribution is -2.33. The molecule has 100 valence electrons. The van der Waals surface area contributed by atoms with Crippen molar-refractivity contribution in [3.63, 3.8) is 0 Å². The quantitative estimate of drug-likeness (QED) is 0.544. The summed E-state index contributed by atoms with van der Waals surface area (Å²) < 4.78 is 11.8. The zero-order valence-electron chi connectivity index (χ0n) is 12.1. The van der Waals surface area contributed by atoms with E-state index >= 15 is 0 Å². The first-order chi connectivity index (χ1) is 8.38. The Balaban J connectivity index is 2.83. The molecular formula is C16H24O2. The molecule has 0 radical (unpaired) electrons. The van der Waals surface area contributed by atoms with E-state index in [1.54, 1.807) is 0 Å². The van der Waals surface area contributed by atoms with Gasteiger partial charge in [0.1, 0.15) is 5.76 Å². The molecular weight excluding hydrogens is 224 g/mol. The SMILES string of the molecule is C=C(OC(C)(CC)OC(C)C)c1ccccc1C. The Morgan fingerprint density at radius 2 is 1.94 bits per heavy atom. The van der Waals surface area contributed by atoms with E-state index in [1.165, 1.54) is 0 Å². The van der Waals surface area contributed by atoms with Crippen LogP contribution in [0, 0.1) is 6.92 Å². The molecule has 0 aliphatic carbocycles. The van der Waals surface area contributed by atoms with Gasteiger partial charge in [-0.25, -0.2) is 0 Å². The lowest BCUT2D eigenvalue weighted by molar-refractivity contribution is -0.207. The third kappa shape index (κ3) is 3.88. The number of benzene rings is 1. The van der Waals surface area contributed by atoms with E-state index in [-0.39, 0.29) is 6.10 Å². The highest BCUT2D eigenvalue weighted by Gasteiger charge is 2.27. The normalized spacial score (nSPS) is 14.3. The second kappa shape index (κ2) is 6.05. The molecule has 1 unspecified atom stereocenters. The molecule has 1 atom stereocenters. The van der Waals surface area contributed by atoms with Crippen LogP contribution in [0.3, 0.4) is 0 Å². The van der Waals surface area contributed by atoms with Crippen LogP contribution in [0.2, 0.25) is 0 Å². The molecule has 0 aromatic heterocycles. The van der Waals surface area contributed by atoms with Crippen molar-refractivity contribution in [1.82, 2.24) is 0 Å². The van der Waals surface area contributed by atoms with Gasteiger partial charge in [0.2, 0.25) is 5.79 Å². The topological polar surface area (TPSA) is 18.5 Å². The van der Waals surface area contributed by atoms with Gasteiger partial charge < -0.3 is 9.47 Å². The fourth-order valence-electron chi connectivity index (χ4n) is 1.88. The average molecular weight is 248 g/mol. The van der Waals surface area contributed by atoms with Crippen LogP contribution in [0.15, 0.2) is 30.8 Å². The summed E-state index contributed by atoms with van der Waals surface area (Å²) in [7, 11) is 0. The largest absolute Gasteiger partial charge is 0.463 e. The second-order valence-electron chi connectivity index (χ2n) is 4.99. The molecule has 0 amide bonds. The summed E-state index contributed by atoms with van der Waals surface area (Å²) in [4.78, 5) is 0. The molecule has 1 aromatic rings. The van der Waals surface area contributed by atoms with E-state index in [4.69, 9.17) is 9.47 Å². The third-order valence-electron chi connectivity index (χ3n) is 2.91. The van der Waals surface area contributed by atoms with Crippen LogP contribution in [-0.4, -0.2) is 11.9 Å². The van der Waals surface area contributed by atoms with Gasteiger partial charge >= 0.3 is 0 Å². The summed E-state index contributed by atoms with van der Waals surface area (Å²) in [6.07, 6.45) is 0.899. The van der Waals surface area contributed by atoms with E-state index in [1.807, 2.05) is 45.9 Å². The minimum atomic E-state index is -0.618. The van der Waals surface area contributed by atoms with Crippen molar-refractivity contribution in [3.8, 4) is 0 Å². The van der Waals surface area contributed by atoms with Gasteiger partial charge in [0.25, 0.3) is 0 Å². The third-order valence-corrected chi connectivity index (χ3v) is 2.91. The van der Waals surface area contributed by atoms with E-state index in [2.05, 4.69) is 19.6 Å². The Labute approximate surface area is 111 Å². The monoisotopic (exact) mass is 248 g/mol. The maximum absolute atomic E-state index is 5.95. The predicted octanol–water partition coefficient (Wildman–Crippen LogP) is 4.53. The van der Waals surface area contributed by atoms with Gasteiger partial charge in [-0.2, -0.15) is 0 Å². The Bertz CT molecular complexity index is 409. The van der Waals surface area contributed by atoms with Crippen molar-refractivity contribution in [1.29, 1.82) is 0 Å². The highest BCUT2D eigenvalue weighted by Crippen LogP contribution is 2.28. The van der Waals surface area contributed by atoms with Crippen LogP contribution < -0.4 is 0 Å². The fraction of sp³-hybridized carbons (Fsp3) is 0.500. The van der Waals surface area contributed by atoms with Crippen LogP contribution in [0.5, 0.6) is 0 Å². The molecule has 2 nitrogen and oxygen atoms in total. The number of rotatable bonds is 6. The predicted molar refractivity (Wildman–Crippen MR) is 76.2 cm³/mol. The molecule has 0 fully saturated rings. The van der Waals surface area contributed by atoms with E-state index < -0.39 is 5.79 Å². The lowest BCUT2D eigenvalue weighted by atomic mass is 10.1. The molecule has 0 N–H and O–H groups in total. The smallest absolute Gasteiger partial charge is 0.207 e. The number of aryl methyl sites for hydroxylation is 1. The molecule has 0 bridgehead atoms. The molecule has 0 saturated heterocycles. The van der Waals surface area contributed by atoms with Gasteiger partial charge in [0.15, 0.2) is 0 Å². The fourth-order valence-corrected chi connectivity index (χ4v) is 1.88.